The van der Waals surface area contributed by atoms with Gasteiger partial charge in [0, 0.05) is 16.5 Å². The van der Waals surface area contributed by atoms with Crippen LogP contribution >= 0.6 is 22.9 Å². The number of amides is 1. The summed E-state index contributed by atoms with van der Waals surface area (Å²) < 4.78 is 1.80. The molecule has 1 aromatic carbocycles. The zero-order chi connectivity index (χ0) is 15.1. The summed E-state index contributed by atoms with van der Waals surface area (Å²) in [5.74, 6) is 1.28. The van der Waals surface area contributed by atoms with Crippen LogP contribution in [0.4, 0.5) is 0 Å². The molecular formula is C14H12ClN5OS. The highest BCUT2D eigenvalue weighted by atomic mass is 35.5. The van der Waals surface area contributed by atoms with Crippen molar-refractivity contribution in [2.75, 3.05) is 0 Å². The Kier molecular flexibility index (Phi) is 3.31. The molecule has 0 radical (unpaired) electrons. The van der Waals surface area contributed by atoms with Gasteiger partial charge in [-0.15, -0.1) is 10.2 Å². The van der Waals surface area contributed by atoms with Crippen LogP contribution < -0.4 is 5.32 Å². The minimum absolute atomic E-state index is 0.148. The SMILES string of the molecule is O=C(NCc1nn2c(C3CC3)nnc2s1)c1ccc(Cl)cc1. The molecule has 0 saturated heterocycles. The van der Waals surface area contributed by atoms with Crippen molar-refractivity contribution in [2.45, 2.75) is 25.3 Å². The van der Waals surface area contributed by atoms with Gasteiger partial charge in [-0.05, 0) is 37.1 Å². The van der Waals surface area contributed by atoms with Crippen LogP contribution in [0, 0.1) is 0 Å². The Morgan fingerprint density at radius 2 is 2.09 bits per heavy atom. The Bertz CT molecular complexity index is 837. The maximum absolute atomic E-state index is 12.1. The first-order valence-corrected chi connectivity index (χ1v) is 8.15. The van der Waals surface area contributed by atoms with E-state index in [1.807, 2.05) is 0 Å². The van der Waals surface area contributed by atoms with Crippen molar-refractivity contribution < 1.29 is 4.79 Å². The molecule has 1 N–H and O–H groups in total. The van der Waals surface area contributed by atoms with E-state index in [1.54, 1.807) is 28.8 Å². The highest BCUT2D eigenvalue weighted by Gasteiger charge is 2.30. The van der Waals surface area contributed by atoms with Crippen molar-refractivity contribution >= 4 is 33.8 Å². The third-order valence-corrected chi connectivity index (χ3v) is 4.66. The molecule has 1 amide bonds. The molecule has 0 atom stereocenters. The molecule has 22 heavy (non-hydrogen) atoms. The molecule has 2 aromatic heterocycles. The van der Waals surface area contributed by atoms with Gasteiger partial charge in [-0.2, -0.15) is 9.61 Å². The maximum atomic E-state index is 12.1. The van der Waals surface area contributed by atoms with Crippen molar-refractivity contribution in [3.05, 3.63) is 45.7 Å². The molecule has 0 bridgehead atoms. The summed E-state index contributed by atoms with van der Waals surface area (Å²) in [6.45, 7) is 0.375. The van der Waals surface area contributed by atoms with Crippen molar-refractivity contribution in [3.8, 4) is 0 Å². The molecule has 1 fully saturated rings. The van der Waals surface area contributed by atoms with Crippen molar-refractivity contribution in [1.82, 2.24) is 25.1 Å². The number of fused-ring (bicyclic) bond motifs is 1. The first-order chi connectivity index (χ1) is 10.7. The van der Waals surface area contributed by atoms with E-state index < -0.39 is 0 Å². The molecule has 0 aliphatic heterocycles. The van der Waals surface area contributed by atoms with Crippen LogP contribution in [0.25, 0.3) is 4.96 Å². The van der Waals surface area contributed by atoms with Crippen LogP contribution in [0.3, 0.4) is 0 Å². The lowest BCUT2D eigenvalue weighted by molar-refractivity contribution is 0.0951. The van der Waals surface area contributed by atoms with E-state index in [1.165, 1.54) is 11.3 Å². The van der Waals surface area contributed by atoms with Crippen LogP contribution in [-0.2, 0) is 6.54 Å². The number of carbonyl (C=O) groups excluding carboxylic acids is 1. The van der Waals surface area contributed by atoms with Gasteiger partial charge in [-0.25, -0.2) is 0 Å². The molecule has 1 aliphatic carbocycles. The number of hydrogen-bond donors (Lipinski definition) is 1. The minimum atomic E-state index is -0.148. The molecule has 0 unspecified atom stereocenters. The van der Waals surface area contributed by atoms with Crippen molar-refractivity contribution in [2.24, 2.45) is 0 Å². The highest BCUT2D eigenvalue weighted by molar-refractivity contribution is 7.16. The number of carbonyl (C=O) groups is 1. The van der Waals surface area contributed by atoms with E-state index >= 15 is 0 Å². The maximum Gasteiger partial charge on any atom is 0.251 e. The van der Waals surface area contributed by atoms with Gasteiger partial charge in [0.2, 0.25) is 4.96 Å². The first-order valence-electron chi connectivity index (χ1n) is 6.95. The summed E-state index contributed by atoms with van der Waals surface area (Å²) in [5, 5.41) is 17.1. The van der Waals surface area contributed by atoms with Crippen LogP contribution in [0.15, 0.2) is 24.3 Å². The van der Waals surface area contributed by atoms with Gasteiger partial charge in [-0.1, -0.05) is 22.9 Å². The monoisotopic (exact) mass is 333 g/mol. The number of benzene rings is 1. The third-order valence-electron chi connectivity index (χ3n) is 3.51. The standard InChI is InChI=1S/C14H12ClN5OS/c15-10-5-3-9(4-6-10)13(21)16-7-11-19-20-12(8-1-2-8)17-18-14(20)22-11/h3-6,8H,1-2,7H2,(H,16,21). The fourth-order valence-corrected chi connectivity index (χ4v) is 3.10. The summed E-state index contributed by atoms with van der Waals surface area (Å²) in [4.78, 5) is 12.8. The van der Waals surface area contributed by atoms with E-state index in [0.29, 0.717) is 23.0 Å². The van der Waals surface area contributed by atoms with Gasteiger partial charge in [0.1, 0.15) is 5.01 Å². The lowest BCUT2D eigenvalue weighted by Crippen LogP contribution is -2.22. The normalized spacial score (nSPS) is 14.4. The number of hydrogen-bond acceptors (Lipinski definition) is 5. The van der Waals surface area contributed by atoms with E-state index in [4.69, 9.17) is 11.6 Å². The zero-order valence-electron chi connectivity index (χ0n) is 11.5. The Morgan fingerprint density at radius 1 is 1.32 bits per heavy atom. The molecule has 6 nitrogen and oxygen atoms in total. The van der Waals surface area contributed by atoms with Gasteiger partial charge in [0.25, 0.3) is 5.91 Å². The van der Waals surface area contributed by atoms with E-state index in [-0.39, 0.29) is 5.91 Å². The lowest BCUT2D eigenvalue weighted by atomic mass is 10.2. The molecular weight excluding hydrogens is 322 g/mol. The summed E-state index contributed by atoms with van der Waals surface area (Å²) in [5.41, 5.74) is 0.575. The largest absolute Gasteiger partial charge is 0.345 e. The fraction of sp³-hybridized carbons (Fsp3) is 0.286. The van der Waals surface area contributed by atoms with Gasteiger partial charge in [-0.3, -0.25) is 4.79 Å². The number of halogens is 1. The topological polar surface area (TPSA) is 72.2 Å². The molecule has 2 heterocycles. The zero-order valence-corrected chi connectivity index (χ0v) is 13.1. The molecule has 112 valence electrons. The van der Waals surface area contributed by atoms with Gasteiger partial charge >= 0.3 is 0 Å². The average Bonchev–Trinajstić information content (AvgIpc) is 3.16. The van der Waals surface area contributed by atoms with E-state index in [0.717, 1.165) is 28.6 Å². The lowest BCUT2D eigenvalue weighted by Gasteiger charge is -2.02. The fourth-order valence-electron chi connectivity index (χ4n) is 2.20. The minimum Gasteiger partial charge on any atom is -0.345 e. The van der Waals surface area contributed by atoms with E-state index in [2.05, 4.69) is 20.6 Å². The Labute approximate surface area is 135 Å². The summed E-state index contributed by atoms with van der Waals surface area (Å²) in [6, 6.07) is 6.78. The van der Waals surface area contributed by atoms with Crippen molar-refractivity contribution in [3.63, 3.8) is 0 Å². The van der Waals surface area contributed by atoms with Gasteiger partial charge in [0.15, 0.2) is 5.82 Å². The molecule has 4 rings (SSSR count). The molecule has 8 heteroatoms. The van der Waals surface area contributed by atoms with Crippen molar-refractivity contribution in [1.29, 1.82) is 0 Å². The third kappa shape index (κ3) is 2.57. The molecule has 0 spiro atoms. The highest BCUT2D eigenvalue weighted by Crippen LogP contribution is 2.39. The second-order valence-electron chi connectivity index (χ2n) is 5.21. The number of nitrogens with zero attached hydrogens (tertiary/aromatic N) is 4. The van der Waals surface area contributed by atoms with Crippen LogP contribution in [0.2, 0.25) is 5.02 Å². The van der Waals surface area contributed by atoms with E-state index in [9.17, 15) is 4.79 Å². The summed E-state index contributed by atoms with van der Waals surface area (Å²) in [7, 11) is 0. The predicted octanol–water partition coefficient (Wildman–Crippen LogP) is 2.65. The second-order valence-corrected chi connectivity index (χ2v) is 6.69. The van der Waals surface area contributed by atoms with Crippen LogP contribution in [-0.4, -0.2) is 25.7 Å². The summed E-state index contributed by atoms with van der Waals surface area (Å²) in [6.07, 6.45) is 2.31. The molecule has 3 aromatic rings. The van der Waals surface area contributed by atoms with Gasteiger partial charge in [0.05, 0.1) is 6.54 Å². The van der Waals surface area contributed by atoms with Crippen LogP contribution in [0.1, 0.15) is 39.9 Å². The number of aromatic nitrogens is 4. The Hall–Kier alpha value is -1.99. The predicted molar refractivity (Wildman–Crippen MR) is 83.3 cm³/mol. The quantitative estimate of drug-likeness (QED) is 0.796. The second kappa shape index (κ2) is 5.33. The Balaban J connectivity index is 1.47. The number of rotatable bonds is 4. The molecule has 1 saturated carbocycles. The smallest absolute Gasteiger partial charge is 0.251 e. The van der Waals surface area contributed by atoms with Gasteiger partial charge < -0.3 is 5.32 Å². The average molecular weight is 334 g/mol. The summed E-state index contributed by atoms with van der Waals surface area (Å²) >= 11 is 7.26. The number of nitrogens with one attached hydrogen (secondary N) is 1. The molecule has 1 aliphatic rings. The first kappa shape index (κ1) is 13.7. The Morgan fingerprint density at radius 3 is 2.82 bits per heavy atom. The van der Waals surface area contributed by atoms with Crippen LogP contribution in [0.5, 0.6) is 0 Å².